The number of carbonyl (C=O) groups is 1. The van der Waals surface area contributed by atoms with Crippen LogP contribution in [0.25, 0.3) is 11.5 Å². The van der Waals surface area contributed by atoms with Crippen LogP contribution in [-0.2, 0) is 11.3 Å². The van der Waals surface area contributed by atoms with E-state index in [1.165, 1.54) is 13.4 Å². The molecule has 0 radical (unpaired) electrons. The highest BCUT2D eigenvalue weighted by atomic mass is 79.9. The zero-order valence-corrected chi connectivity index (χ0v) is 13.9. The number of ether oxygens (including phenoxy) is 1. The van der Waals surface area contributed by atoms with E-state index in [1.54, 1.807) is 29.2 Å². The van der Waals surface area contributed by atoms with E-state index in [2.05, 4.69) is 10.1 Å². The maximum absolute atomic E-state index is 11.8. The quantitative estimate of drug-likeness (QED) is 0.426. The summed E-state index contributed by atoms with van der Waals surface area (Å²) in [6, 6.07) is 9.16. The van der Waals surface area contributed by atoms with Gasteiger partial charge in [0.25, 0.3) is 0 Å². The third-order valence-corrected chi connectivity index (χ3v) is 3.21. The highest BCUT2D eigenvalue weighted by Crippen LogP contribution is 2.14. The Labute approximate surface area is 143 Å². The molecule has 0 N–H and O–H groups in total. The highest BCUT2D eigenvalue weighted by Gasteiger charge is 2.15. The largest absolute Gasteiger partial charge is 1.00 e. The number of esters is 1. The first-order valence-corrected chi connectivity index (χ1v) is 6.70. The monoisotopic (exact) mass is 375 g/mol. The summed E-state index contributed by atoms with van der Waals surface area (Å²) in [5.41, 5.74) is 2.18. The van der Waals surface area contributed by atoms with E-state index >= 15 is 0 Å². The van der Waals surface area contributed by atoms with E-state index in [4.69, 9.17) is 9.15 Å². The summed E-state index contributed by atoms with van der Waals surface area (Å²) in [6.07, 6.45) is 6.59. The molecule has 6 nitrogen and oxygen atoms in total. The highest BCUT2D eigenvalue weighted by molar-refractivity contribution is 5.90. The average molecular weight is 376 g/mol. The Morgan fingerprint density at radius 3 is 2.78 bits per heavy atom. The summed E-state index contributed by atoms with van der Waals surface area (Å²) in [7, 11) is 1.37. The number of halogens is 1. The van der Waals surface area contributed by atoms with E-state index < -0.39 is 0 Å². The SMILES string of the molecule is COC(=O)c1ccccc1C[n+]1ccc(-c2ncco2)cn1.[Br-]. The molecule has 7 heteroatoms. The zero-order valence-electron chi connectivity index (χ0n) is 12.3. The van der Waals surface area contributed by atoms with E-state index in [0.29, 0.717) is 18.0 Å². The van der Waals surface area contributed by atoms with Crippen molar-refractivity contribution in [2.24, 2.45) is 0 Å². The Hall–Kier alpha value is -2.54. The van der Waals surface area contributed by atoms with Crippen LogP contribution in [0.4, 0.5) is 0 Å². The average Bonchev–Trinajstić information content (AvgIpc) is 3.10. The Kier molecular flexibility index (Phi) is 5.59. The molecule has 0 saturated carbocycles. The lowest BCUT2D eigenvalue weighted by Gasteiger charge is -2.04. The second-order valence-corrected chi connectivity index (χ2v) is 4.60. The maximum Gasteiger partial charge on any atom is 0.338 e. The van der Waals surface area contributed by atoms with Crippen molar-refractivity contribution >= 4 is 5.97 Å². The van der Waals surface area contributed by atoms with Crippen molar-refractivity contribution in [1.82, 2.24) is 10.1 Å². The number of rotatable bonds is 4. The van der Waals surface area contributed by atoms with Gasteiger partial charge in [-0.2, -0.15) is 0 Å². The fourth-order valence-electron chi connectivity index (χ4n) is 2.11. The number of nitrogens with zero attached hydrogens (tertiary/aromatic N) is 3. The molecule has 0 bridgehead atoms. The van der Waals surface area contributed by atoms with Crippen molar-refractivity contribution in [3.63, 3.8) is 0 Å². The molecule has 0 spiro atoms. The van der Waals surface area contributed by atoms with Crippen molar-refractivity contribution in [3.8, 4) is 11.5 Å². The molecule has 0 saturated heterocycles. The molecular weight excluding hydrogens is 362 g/mol. The second kappa shape index (κ2) is 7.64. The van der Waals surface area contributed by atoms with Crippen LogP contribution in [0.15, 0.2) is 59.6 Å². The van der Waals surface area contributed by atoms with Crippen LogP contribution in [-0.4, -0.2) is 23.2 Å². The lowest BCUT2D eigenvalue weighted by Crippen LogP contribution is -3.00. The first-order valence-electron chi connectivity index (χ1n) is 6.70. The fourth-order valence-corrected chi connectivity index (χ4v) is 2.11. The first-order chi connectivity index (χ1) is 10.8. The van der Waals surface area contributed by atoms with Gasteiger partial charge in [0.05, 0.1) is 24.4 Å². The van der Waals surface area contributed by atoms with E-state index in [1.807, 2.05) is 24.4 Å². The molecule has 2 heterocycles. The number of benzene rings is 1. The van der Waals surface area contributed by atoms with Gasteiger partial charge in [0, 0.05) is 11.6 Å². The Bertz CT molecular complexity index is 774. The minimum absolute atomic E-state index is 0. The third kappa shape index (κ3) is 3.81. The number of hydrogen-bond acceptors (Lipinski definition) is 5. The summed E-state index contributed by atoms with van der Waals surface area (Å²) >= 11 is 0. The van der Waals surface area contributed by atoms with Gasteiger partial charge in [-0.3, -0.25) is 0 Å². The minimum atomic E-state index is -0.354. The van der Waals surface area contributed by atoms with Crippen LogP contribution < -0.4 is 21.7 Å². The topological polar surface area (TPSA) is 69.1 Å². The van der Waals surface area contributed by atoms with Gasteiger partial charge in [0.15, 0.2) is 6.20 Å². The van der Waals surface area contributed by atoms with Gasteiger partial charge in [-0.15, -0.1) is 0 Å². The number of hydrogen-bond donors (Lipinski definition) is 0. The Balaban J connectivity index is 0.00000192. The normalized spacial score (nSPS) is 9.96. The molecule has 0 aliphatic rings. The first kappa shape index (κ1) is 16.8. The predicted molar refractivity (Wildman–Crippen MR) is 76.8 cm³/mol. The van der Waals surface area contributed by atoms with Crippen molar-refractivity contribution in [1.29, 1.82) is 0 Å². The predicted octanol–water partition coefficient (Wildman–Crippen LogP) is -1.14. The van der Waals surface area contributed by atoms with Crippen molar-refractivity contribution in [3.05, 3.63) is 66.3 Å². The lowest BCUT2D eigenvalue weighted by molar-refractivity contribution is -0.746. The van der Waals surface area contributed by atoms with Gasteiger partial charge >= 0.3 is 5.97 Å². The molecule has 0 atom stereocenters. The number of carbonyl (C=O) groups excluding carboxylic acids is 1. The molecule has 0 amide bonds. The zero-order chi connectivity index (χ0) is 15.4. The van der Waals surface area contributed by atoms with E-state index in [0.717, 1.165) is 11.1 Å². The fraction of sp³-hybridized carbons (Fsp3) is 0.125. The molecule has 118 valence electrons. The van der Waals surface area contributed by atoms with Gasteiger partial charge in [-0.25, -0.2) is 9.78 Å². The standard InChI is InChI=1S/C16H14N3O3.BrH/c1-21-16(20)14-5-3-2-4-13(14)11-19-8-6-12(10-18-19)15-17-7-9-22-15;/h2-10H,11H2,1H3;1H/q+1;/p-1. The van der Waals surface area contributed by atoms with Crippen molar-refractivity contribution < 1.29 is 35.6 Å². The molecule has 0 aliphatic heterocycles. The van der Waals surface area contributed by atoms with Gasteiger partial charge in [-0.1, -0.05) is 22.9 Å². The summed E-state index contributed by atoms with van der Waals surface area (Å²) in [5, 5.41) is 4.32. The van der Waals surface area contributed by atoms with Gasteiger partial charge < -0.3 is 26.1 Å². The van der Waals surface area contributed by atoms with E-state index in [9.17, 15) is 4.79 Å². The molecule has 23 heavy (non-hydrogen) atoms. The maximum atomic E-state index is 11.8. The molecule has 0 aliphatic carbocycles. The van der Waals surface area contributed by atoms with Crippen LogP contribution in [0.5, 0.6) is 0 Å². The molecular formula is C16H14BrN3O3. The Morgan fingerprint density at radius 2 is 2.13 bits per heavy atom. The summed E-state index contributed by atoms with van der Waals surface area (Å²) in [6.45, 7) is 0.469. The second-order valence-electron chi connectivity index (χ2n) is 4.60. The summed E-state index contributed by atoms with van der Waals surface area (Å²) in [5.74, 6) is 0.169. The molecule has 0 unspecified atom stereocenters. The lowest BCUT2D eigenvalue weighted by atomic mass is 10.1. The number of oxazole rings is 1. The number of methoxy groups -OCH3 is 1. The van der Waals surface area contributed by atoms with E-state index in [-0.39, 0.29) is 23.0 Å². The molecule has 0 fully saturated rings. The van der Waals surface area contributed by atoms with Crippen molar-refractivity contribution in [2.45, 2.75) is 6.54 Å². The van der Waals surface area contributed by atoms with Gasteiger partial charge in [-0.05, 0) is 11.2 Å². The summed E-state index contributed by atoms with van der Waals surface area (Å²) in [4.78, 5) is 15.8. The molecule has 3 rings (SSSR count). The van der Waals surface area contributed by atoms with Crippen molar-refractivity contribution in [2.75, 3.05) is 7.11 Å². The van der Waals surface area contributed by atoms with Crippen LogP contribution in [0.2, 0.25) is 0 Å². The summed E-state index contributed by atoms with van der Waals surface area (Å²) < 4.78 is 11.7. The van der Waals surface area contributed by atoms with Gasteiger partial charge in [0.1, 0.15) is 12.5 Å². The molecule has 2 aromatic heterocycles. The van der Waals surface area contributed by atoms with Crippen LogP contribution in [0, 0.1) is 0 Å². The van der Waals surface area contributed by atoms with Gasteiger partial charge in [0.2, 0.25) is 12.4 Å². The van der Waals surface area contributed by atoms with Crippen LogP contribution in [0.3, 0.4) is 0 Å². The third-order valence-electron chi connectivity index (χ3n) is 3.21. The van der Waals surface area contributed by atoms with Crippen LogP contribution >= 0.6 is 0 Å². The van der Waals surface area contributed by atoms with Crippen LogP contribution in [0.1, 0.15) is 15.9 Å². The Morgan fingerprint density at radius 1 is 1.30 bits per heavy atom. The molecule has 3 aromatic rings. The number of aromatic nitrogens is 3. The smallest absolute Gasteiger partial charge is 0.338 e. The molecule has 1 aromatic carbocycles. The minimum Gasteiger partial charge on any atom is -1.00 e.